The second-order valence-electron chi connectivity index (χ2n) is 7.23. The van der Waals surface area contributed by atoms with Crippen LogP contribution in [0.4, 0.5) is 4.79 Å². The van der Waals surface area contributed by atoms with Crippen molar-refractivity contribution in [2.75, 3.05) is 19.7 Å². The number of ether oxygens (including phenoxy) is 1. The molecule has 134 valence electrons. The zero-order valence-electron chi connectivity index (χ0n) is 14.1. The molecule has 1 aromatic carbocycles. The lowest BCUT2D eigenvalue weighted by atomic mass is 9.86. The van der Waals surface area contributed by atoms with E-state index >= 15 is 0 Å². The van der Waals surface area contributed by atoms with Crippen LogP contribution >= 0.6 is 23.2 Å². The van der Waals surface area contributed by atoms with E-state index in [1.54, 1.807) is 18.2 Å². The minimum Gasteiger partial charge on any atom is -0.465 e. The highest BCUT2D eigenvalue weighted by atomic mass is 35.5. The Morgan fingerprint density at radius 3 is 2.54 bits per heavy atom. The van der Waals surface area contributed by atoms with Crippen molar-refractivity contribution in [2.24, 2.45) is 5.41 Å². The molecule has 0 saturated carbocycles. The molecule has 1 aliphatic rings. The fourth-order valence-corrected chi connectivity index (χ4v) is 3.10. The van der Waals surface area contributed by atoms with E-state index in [1.165, 1.54) is 4.90 Å². The highest BCUT2D eigenvalue weighted by molar-refractivity contribution is 6.42. The Hall–Kier alpha value is -1.01. The van der Waals surface area contributed by atoms with E-state index in [4.69, 9.17) is 27.9 Å². The molecule has 0 aromatic heterocycles. The van der Waals surface area contributed by atoms with Crippen LogP contribution in [0.3, 0.4) is 0 Å². The summed E-state index contributed by atoms with van der Waals surface area (Å²) in [6.07, 6.45) is -1.03. The van der Waals surface area contributed by atoms with Gasteiger partial charge in [-0.15, -0.1) is 0 Å². The molecule has 0 bridgehead atoms. The number of hydrogen-bond donors (Lipinski definition) is 2. The van der Waals surface area contributed by atoms with Crippen molar-refractivity contribution in [2.45, 2.75) is 38.9 Å². The van der Waals surface area contributed by atoms with Gasteiger partial charge in [-0.3, -0.25) is 0 Å². The molecule has 1 heterocycles. The maximum atomic E-state index is 11.5. The van der Waals surface area contributed by atoms with Gasteiger partial charge in [0.25, 0.3) is 0 Å². The molecule has 0 radical (unpaired) electrons. The Kier molecular flexibility index (Phi) is 5.70. The summed E-state index contributed by atoms with van der Waals surface area (Å²) in [6, 6.07) is 5.10. The number of amides is 1. The molecule has 1 unspecified atom stereocenters. The van der Waals surface area contributed by atoms with Gasteiger partial charge < -0.3 is 19.8 Å². The van der Waals surface area contributed by atoms with Crippen LogP contribution in [0.25, 0.3) is 0 Å². The summed E-state index contributed by atoms with van der Waals surface area (Å²) < 4.78 is 6.32. The average molecular weight is 376 g/mol. The molecular weight excluding hydrogens is 353 g/mol. The van der Waals surface area contributed by atoms with E-state index in [1.807, 2.05) is 20.8 Å². The molecule has 1 aliphatic heterocycles. The molecule has 24 heavy (non-hydrogen) atoms. The van der Waals surface area contributed by atoms with Crippen molar-refractivity contribution >= 4 is 29.3 Å². The van der Waals surface area contributed by atoms with Crippen LogP contribution in [0, 0.1) is 5.41 Å². The Bertz CT molecular complexity index is 617. The fourth-order valence-electron chi connectivity index (χ4n) is 2.80. The van der Waals surface area contributed by atoms with Gasteiger partial charge in [0.1, 0.15) is 5.60 Å². The van der Waals surface area contributed by atoms with Crippen molar-refractivity contribution in [1.29, 1.82) is 0 Å². The van der Waals surface area contributed by atoms with Gasteiger partial charge in [0.05, 0.1) is 29.3 Å². The SMILES string of the molecule is CC(C)(C)C1CN(C(=O)O)CC[C@](CO)(c2ccc(Cl)c(Cl)c2)O1. The monoisotopic (exact) mass is 375 g/mol. The number of hydrogen-bond acceptors (Lipinski definition) is 3. The Labute approximate surface area is 152 Å². The summed E-state index contributed by atoms with van der Waals surface area (Å²) >= 11 is 12.1. The van der Waals surface area contributed by atoms with E-state index in [0.29, 0.717) is 22.0 Å². The Morgan fingerprint density at radius 2 is 2.04 bits per heavy atom. The van der Waals surface area contributed by atoms with E-state index in [-0.39, 0.29) is 31.2 Å². The topological polar surface area (TPSA) is 70.0 Å². The van der Waals surface area contributed by atoms with Gasteiger partial charge in [0, 0.05) is 13.0 Å². The number of carbonyl (C=O) groups is 1. The first-order valence-corrected chi connectivity index (χ1v) is 8.57. The molecule has 5 nitrogen and oxygen atoms in total. The first-order chi connectivity index (χ1) is 11.1. The van der Waals surface area contributed by atoms with Crippen molar-refractivity contribution in [1.82, 2.24) is 4.90 Å². The van der Waals surface area contributed by atoms with Crippen LogP contribution in [0.5, 0.6) is 0 Å². The molecule has 2 N–H and O–H groups in total. The molecular formula is C17H23Cl2NO4. The van der Waals surface area contributed by atoms with E-state index in [2.05, 4.69) is 0 Å². The molecule has 2 atom stereocenters. The maximum absolute atomic E-state index is 11.5. The predicted octanol–water partition coefficient (Wildman–Crippen LogP) is 4.00. The van der Waals surface area contributed by atoms with Crippen LogP contribution in [-0.2, 0) is 10.3 Å². The summed E-state index contributed by atoms with van der Waals surface area (Å²) in [5, 5.41) is 20.3. The first-order valence-electron chi connectivity index (χ1n) is 7.81. The normalized spacial score (nSPS) is 25.4. The van der Waals surface area contributed by atoms with Gasteiger partial charge in [-0.05, 0) is 23.1 Å². The minimum atomic E-state index is -1.02. The van der Waals surface area contributed by atoms with E-state index in [9.17, 15) is 15.0 Å². The van der Waals surface area contributed by atoms with Crippen molar-refractivity contribution < 1.29 is 19.7 Å². The van der Waals surface area contributed by atoms with Crippen LogP contribution in [0.15, 0.2) is 18.2 Å². The van der Waals surface area contributed by atoms with Gasteiger partial charge in [0.15, 0.2) is 0 Å². The van der Waals surface area contributed by atoms with Crippen molar-refractivity contribution in [3.05, 3.63) is 33.8 Å². The van der Waals surface area contributed by atoms with E-state index in [0.717, 1.165) is 0 Å². The molecule has 0 aliphatic carbocycles. The third-order valence-electron chi connectivity index (χ3n) is 4.48. The highest BCUT2D eigenvalue weighted by Gasteiger charge is 2.43. The van der Waals surface area contributed by atoms with Gasteiger partial charge >= 0.3 is 6.09 Å². The Morgan fingerprint density at radius 1 is 1.38 bits per heavy atom. The average Bonchev–Trinajstić information content (AvgIpc) is 2.70. The third-order valence-corrected chi connectivity index (χ3v) is 5.22. The number of aliphatic hydroxyl groups is 1. The number of carboxylic acid groups (broad SMARTS) is 1. The van der Waals surface area contributed by atoms with Crippen molar-refractivity contribution in [3.8, 4) is 0 Å². The van der Waals surface area contributed by atoms with Gasteiger partial charge in [-0.25, -0.2) is 4.79 Å². The molecule has 7 heteroatoms. The van der Waals surface area contributed by atoms with Crippen LogP contribution < -0.4 is 0 Å². The lowest BCUT2D eigenvalue weighted by Crippen LogP contribution is -2.44. The lowest BCUT2D eigenvalue weighted by Gasteiger charge is -2.39. The minimum absolute atomic E-state index is 0.252. The first kappa shape index (κ1) is 19.3. The quantitative estimate of drug-likeness (QED) is 0.819. The predicted molar refractivity (Wildman–Crippen MR) is 93.8 cm³/mol. The lowest BCUT2D eigenvalue weighted by molar-refractivity contribution is -0.150. The summed E-state index contributed by atoms with van der Waals surface area (Å²) in [7, 11) is 0. The van der Waals surface area contributed by atoms with Crippen LogP contribution in [0.1, 0.15) is 32.8 Å². The zero-order chi connectivity index (χ0) is 18.1. The number of nitrogens with zero attached hydrogens (tertiary/aromatic N) is 1. The second kappa shape index (κ2) is 7.08. The molecule has 1 aromatic rings. The Balaban J connectivity index is 2.47. The number of benzene rings is 1. The van der Waals surface area contributed by atoms with Crippen molar-refractivity contribution in [3.63, 3.8) is 0 Å². The number of aliphatic hydroxyl groups excluding tert-OH is 1. The summed E-state index contributed by atoms with van der Waals surface area (Å²) in [5.74, 6) is 0. The highest BCUT2D eigenvalue weighted by Crippen LogP contribution is 2.39. The summed E-state index contributed by atoms with van der Waals surface area (Å²) in [4.78, 5) is 12.8. The van der Waals surface area contributed by atoms with Gasteiger partial charge in [0.2, 0.25) is 0 Å². The fraction of sp³-hybridized carbons (Fsp3) is 0.588. The maximum Gasteiger partial charge on any atom is 0.407 e. The standard InChI is InChI=1S/C17H23Cl2NO4/c1-16(2,3)14-9-20(15(22)23)7-6-17(10-21,24-14)11-4-5-12(18)13(19)8-11/h4-5,8,14,21H,6-7,9-10H2,1-3H3,(H,22,23)/t14?,17-/m0/s1. The molecule has 1 amide bonds. The zero-order valence-corrected chi connectivity index (χ0v) is 15.6. The smallest absolute Gasteiger partial charge is 0.407 e. The second-order valence-corrected chi connectivity index (χ2v) is 8.05. The molecule has 2 rings (SSSR count). The van der Waals surface area contributed by atoms with Gasteiger partial charge in [-0.1, -0.05) is 50.0 Å². The third kappa shape index (κ3) is 3.97. The van der Waals surface area contributed by atoms with Gasteiger partial charge in [-0.2, -0.15) is 0 Å². The summed E-state index contributed by atoms with van der Waals surface area (Å²) in [5.41, 5.74) is -0.619. The largest absolute Gasteiger partial charge is 0.465 e. The molecule has 1 fully saturated rings. The molecule has 0 spiro atoms. The van der Waals surface area contributed by atoms with E-state index < -0.39 is 11.7 Å². The molecule has 1 saturated heterocycles. The summed E-state index contributed by atoms with van der Waals surface area (Å²) in [6.45, 7) is 6.20. The number of rotatable bonds is 2. The van der Waals surface area contributed by atoms with Crippen LogP contribution in [-0.4, -0.2) is 47.0 Å². The number of halogens is 2. The van der Waals surface area contributed by atoms with Crippen LogP contribution in [0.2, 0.25) is 10.0 Å².